The van der Waals surface area contributed by atoms with Crippen molar-refractivity contribution < 1.29 is 0 Å². The zero-order chi connectivity index (χ0) is 10.3. The number of rotatable bonds is 0. The molecule has 1 aromatic carbocycles. The van der Waals surface area contributed by atoms with Crippen LogP contribution in [-0.2, 0) is 6.54 Å². The van der Waals surface area contributed by atoms with E-state index >= 15 is 0 Å². The van der Waals surface area contributed by atoms with Gasteiger partial charge in [-0.3, -0.25) is 5.32 Å². The first-order chi connectivity index (χ1) is 7.27. The standard InChI is InChI=1S/C12H15BrN2/c13-10-3-4-11-9(7-10)8-14-12(15-11)5-1-2-6-12/h3-4,7,14-15H,1-2,5-6,8H2. The first-order valence-electron chi connectivity index (χ1n) is 5.59. The molecule has 2 nitrogen and oxygen atoms in total. The second-order valence-corrected chi connectivity index (χ2v) is 5.48. The lowest BCUT2D eigenvalue weighted by Crippen LogP contribution is -2.52. The minimum atomic E-state index is 0.195. The van der Waals surface area contributed by atoms with Crippen LogP contribution in [0.15, 0.2) is 22.7 Å². The first-order valence-corrected chi connectivity index (χ1v) is 6.38. The Labute approximate surface area is 98.6 Å². The average molecular weight is 267 g/mol. The molecule has 0 radical (unpaired) electrons. The quantitative estimate of drug-likeness (QED) is 0.754. The van der Waals surface area contributed by atoms with Crippen LogP contribution in [0.5, 0.6) is 0 Å². The van der Waals surface area contributed by atoms with Gasteiger partial charge in [0, 0.05) is 16.7 Å². The lowest BCUT2D eigenvalue weighted by molar-refractivity contribution is 0.363. The SMILES string of the molecule is Brc1ccc2c(c1)CNC1(CCCC1)N2. The highest BCUT2D eigenvalue weighted by molar-refractivity contribution is 9.10. The highest BCUT2D eigenvalue weighted by Crippen LogP contribution is 2.36. The number of fused-ring (bicyclic) bond motifs is 1. The van der Waals surface area contributed by atoms with Crippen LogP contribution >= 0.6 is 15.9 Å². The molecule has 80 valence electrons. The molecule has 1 aliphatic heterocycles. The molecule has 1 saturated carbocycles. The molecule has 1 aliphatic carbocycles. The summed E-state index contributed by atoms with van der Waals surface area (Å²) in [4.78, 5) is 0. The van der Waals surface area contributed by atoms with Crippen molar-refractivity contribution in [3.63, 3.8) is 0 Å². The summed E-state index contributed by atoms with van der Waals surface area (Å²) in [6, 6.07) is 6.48. The topological polar surface area (TPSA) is 24.1 Å². The summed E-state index contributed by atoms with van der Waals surface area (Å²) in [5, 5.41) is 7.31. The third-order valence-electron chi connectivity index (χ3n) is 3.52. The van der Waals surface area contributed by atoms with Gasteiger partial charge in [0.2, 0.25) is 0 Å². The molecule has 1 fully saturated rings. The zero-order valence-electron chi connectivity index (χ0n) is 8.65. The number of hydrogen-bond donors (Lipinski definition) is 2. The Bertz CT molecular complexity index is 383. The van der Waals surface area contributed by atoms with E-state index in [4.69, 9.17) is 0 Å². The Hall–Kier alpha value is -0.540. The van der Waals surface area contributed by atoms with Gasteiger partial charge < -0.3 is 5.32 Å². The maximum absolute atomic E-state index is 3.67. The molecule has 3 heteroatoms. The van der Waals surface area contributed by atoms with Crippen LogP contribution in [0.2, 0.25) is 0 Å². The Morgan fingerprint density at radius 2 is 2.00 bits per heavy atom. The van der Waals surface area contributed by atoms with Crippen LogP contribution in [0.4, 0.5) is 5.69 Å². The van der Waals surface area contributed by atoms with E-state index in [0.717, 1.165) is 11.0 Å². The van der Waals surface area contributed by atoms with Gasteiger partial charge in [-0.05, 0) is 49.4 Å². The maximum atomic E-state index is 3.67. The minimum absolute atomic E-state index is 0.195. The van der Waals surface area contributed by atoms with E-state index in [1.807, 2.05) is 0 Å². The lowest BCUT2D eigenvalue weighted by atomic mass is 10.0. The molecular formula is C12H15BrN2. The van der Waals surface area contributed by atoms with E-state index in [1.54, 1.807) is 0 Å². The molecule has 0 saturated heterocycles. The van der Waals surface area contributed by atoms with Gasteiger partial charge in [0.15, 0.2) is 0 Å². The fourth-order valence-corrected chi connectivity index (χ4v) is 3.09. The van der Waals surface area contributed by atoms with Gasteiger partial charge in [-0.25, -0.2) is 0 Å². The van der Waals surface area contributed by atoms with Gasteiger partial charge in [-0.15, -0.1) is 0 Å². The normalized spacial score (nSPS) is 22.5. The first kappa shape index (κ1) is 9.67. The van der Waals surface area contributed by atoms with Crippen molar-refractivity contribution in [1.82, 2.24) is 5.32 Å². The second kappa shape index (κ2) is 3.49. The van der Waals surface area contributed by atoms with E-state index in [1.165, 1.54) is 36.9 Å². The summed E-state index contributed by atoms with van der Waals surface area (Å²) in [5.41, 5.74) is 2.86. The predicted molar refractivity (Wildman–Crippen MR) is 65.8 cm³/mol. The van der Waals surface area contributed by atoms with Crippen molar-refractivity contribution in [2.24, 2.45) is 0 Å². The van der Waals surface area contributed by atoms with E-state index in [2.05, 4.69) is 44.8 Å². The number of anilines is 1. The predicted octanol–water partition coefficient (Wildman–Crippen LogP) is 3.23. The zero-order valence-corrected chi connectivity index (χ0v) is 10.2. The van der Waals surface area contributed by atoms with E-state index < -0.39 is 0 Å². The van der Waals surface area contributed by atoms with Gasteiger partial charge in [0.05, 0.1) is 5.66 Å². The number of hydrogen-bond acceptors (Lipinski definition) is 2. The third-order valence-corrected chi connectivity index (χ3v) is 4.01. The molecule has 2 aliphatic rings. The fourth-order valence-electron chi connectivity index (χ4n) is 2.68. The molecule has 3 rings (SSSR count). The smallest absolute Gasteiger partial charge is 0.0884 e. The van der Waals surface area contributed by atoms with Crippen LogP contribution in [0, 0.1) is 0 Å². The highest BCUT2D eigenvalue weighted by Gasteiger charge is 2.35. The molecule has 1 heterocycles. The number of nitrogens with one attached hydrogen (secondary N) is 2. The van der Waals surface area contributed by atoms with Crippen molar-refractivity contribution in [3.05, 3.63) is 28.2 Å². The molecule has 2 N–H and O–H groups in total. The van der Waals surface area contributed by atoms with Crippen LogP contribution in [0.1, 0.15) is 31.2 Å². The summed E-state index contributed by atoms with van der Waals surface area (Å²) in [6.07, 6.45) is 5.18. The van der Waals surface area contributed by atoms with Crippen molar-refractivity contribution in [2.45, 2.75) is 37.9 Å². The van der Waals surface area contributed by atoms with Crippen molar-refractivity contribution in [1.29, 1.82) is 0 Å². The molecule has 15 heavy (non-hydrogen) atoms. The summed E-state index contributed by atoms with van der Waals surface area (Å²) in [5.74, 6) is 0. The Morgan fingerprint density at radius 3 is 2.80 bits per heavy atom. The van der Waals surface area contributed by atoms with Gasteiger partial charge in [0.1, 0.15) is 0 Å². The van der Waals surface area contributed by atoms with Crippen LogP contribution in [0.25, 0.3) is 0 Å². The summed E-state index contributed by atoms with van der Waals surface area (Å²) in [7, 11) is 0. The van der Waals surface area contributed by atoms with Crippen LogP contribution < -0.4 is 10.6 Å². The summed E-state index contributed by atoms with van der Waals surface area (Å²) < 4.78 is 1.16. The van der Waals surface area contributed by atoms with Gasteiger partial charge in [-0.2, -0.15) is 0 Å². The molecule has 0 bridgehead atoms. The maximum Gasteiger partial charge on any atom is 0.0884 e. The van der Waals surface area contributed by atoms with E-state index in [9.17, 15) is 0 Å². The largest absolute Gasteiger partial charge is 0.367 e. The fraction of sp³-hybridized carbons (Fsp3) is 0.500. The third kappa shape index (κ3) is 1.68. The summed E-state index contributed by atoms with van der Waals surface area (Å²) >= 11 is 3.51. The van der Waals surface area contributed by atoms with Gasteiger partial charge in [-0.1, -0.05) is 15.9 Å². The van der Waals surface area contributed by atoms with Crippen molar-refractivity contribution in [2.75, 3.05) is 5.32 Å². The molecule has 0 unspecified atom stereocenters. The summed E-state index contributed by atoms with van der Waals surface area (Å²) in [6.45, 7) is 0.988. The van der Waals surface area contributed by atoms with E-state index in [0.29, 0.717) is 0 Å². The Balaban J connectivity index is 1.93. The number of halogens is 1. The molecule has 0 amide bonds. The van der Waals surface area contributed by atoms with Gasteiger partial charge in [0.25, 0.3) is 0 Å². The lowest BCUT2D eigenvalue weighted by Gasteiger charge is -2.38. The van der Waals surface area contributed by atoms with Crippen LogP contribution in [-0.4, -0.2) is 5.66 Å². The minimum Gasteiger partial charge on any atom is -0.367 e. The van der Waals surface area contributed by atoms with Crippen molar-refractivity contribution in [3.8, 4) is 0 Å². The average Bonchev–Trinajstić information content (AvgIpc) is 2.67. The second-order valence-electron chi connectivity index (χ2n) is 4.57. The molecule has 0 aromatic heterocycles. The Kier molecular flexibility index (Phi) is 2.25. The van der Waals surface area contributed by atoms with E-state index in [-0.39, 0.29) is 5.66 Å². The van der Waals surface area contributed by atoms with Crippen molar-refractivity contribution >= 4 is 21.6 Å². The molecular weight excluding hydrogens is 252 g/mol. The van der Waals surface area contributed by atoms with Crippen LogP contribution in [0.3, 0.4) is 0 Å². The monoisotopic (exact) mass is 266 g/mol. The molecule has 1 spiro atoms. The Morgan fingerprint density at radius 1 is 1.20 bits per heavy atom. The highest BCUT2D eigenvalue weighted by atomic mass is 79.9. The molecule has 0 atom stereocenters. The molecule has 1 aromatic rings. The number of benzene rings is 1. The van der Waals surface area contributed by atoms with Gasteiger partial charge >= 0.3 is 0 Å².